The van der Waals surface area contributed by atoms with E-state index < -0.39 is 20.2 Å². The van der Waals surface area contributed by atoms with Crippen LogP contribution in [0.2, 0.25) is 0 Å². The van der Waals surface area contributed by atoms with Gasteiger partial charge in [-0.3, -0.25) is 0 Å². The summed E-state index contributed by atoms with van der Waals surface area (Å²) in [5.41, 5.74) is 4.46. The predicted octanol–water partition coefficient (Wildman–Crippen LogP) is 3.38. The van der Waals surface area contributed by atoms with Gasteiger partial charge in [0.1, 0.15) is 20.2 Å². The Morgan fingerprint density at radius 1 is 0.526 bits per heavy atom. The van der Waals surface area contributed by atoms with Crippen molar-refractivity contribution < 1.29 is 35.1 Å². The number of nitrogens with zero attached hydrogens (tertiary/aromatic N) is 2. The maximum absolute atomic E-state index is 10.4. The highest BCUT2D eigenvalue weighted by Crippen LogP contribution is 2.09. The summed E-state index contributed by atoms with van der Waals surface area (Å²) in [6.45, 7) is 9.96. The molecule has 4 rings (SSSR count). The lowest BCUT2D eigenvalue weighted by molar-refractivity contribution is -0.783. The van der Waals surface area contributed by atoms with Crippen molar-refractivity contribution >= 4 is 20.2 Å². The van der Waals surface area contributed by atoms with Crippen LogP contribution in [0.4, 0.5) is 0 Å². The summed E-state index contributed by atoms with van der Waals surface area (Å²) < 4.78 is 66.9. The fraction of sp³-hybridized carbons (Fsp3) is 0.214. The molecule has 0 aliphatic rings. The molecule has 4 aromatic rings. The Labute approximate surface area is 225 Å². The van der Waals surface area contributed by atoms with Crippen molar-refractivity contribution in [1.82, 2.24) is 0 Å². The van der Waals surface area contributed by atoms with E-state index in [9.17, 15) is 25.9 Å². The Balaban J connectivity index is 0.000000206. The topological polar surface area (TPSA) is 122 Å². The zero-order valence-corrected chi connectivity index (χ0v) is 23.4. The number of aromatic nitrogens is 2. The molecule has 0 atom stereocenters. The molecule has 0 aliphatic carbocycles. The van der Waals surface area contributed by atoms with Crippen LogP contribution in [-0.2, 0) is 33.3 Å². The van der Waals surface area contributed by atoms with E-state index in [1.165, 1.54) is 35.7 Å². The summed E-state index contributed by atoms with van der Waals surface area (Å²) in [5, 5.41) is 0. The number of pyridine rings is 2. The van der Waals surface area contributed by atoms with E-state index in [-0.39, 0.29) is 9.79 Å². The van der Waals surface area contributed by atoms with Gasteiger partial charge >= 0.3 is 0 Å². The Morgan fingerprint density at radius 3 is 1.11 bits per heavy atom. The van der Waals surface area contributed by atoms with Gasteiger partial charge in [-0.05, 0) is 38.1 Å². The highest BCUT2D eigenvalue weighted by Gasteiger charge is 2.10. The van der Waals surface area contributed by atoms with Gasteiger partial charge in [0.2, 0.25) is 13.1 Å². The summed E-state index contributed by atoms with van der Waals surface area (Å²) in [6.07, 6.45) is 4.27. The molecular formula is C28H32N2O6S2. The van der Waals surface area contributed by atoms with Gasteiger partial charge in [0.15, 0.2) is 23.8 Å². The molecule has 202 valence electrons. The van der Waals surface area contributed by atoms with Crippen molar-refractivity contribution in [2.75, 3.05) is 0 Å². The fourth-order valence-corrected chi connectivity index (χ4v) is 4.19. The molecule has 0 spiro atoms. The molecule has 0 amide bonds. The van der Waals surface area contributed by atoms with Gasteiger partial charge in [0.25, 0.3) is 0 Å². The van der Waals surface area contributed by atoms with Crippen molar-refractivity contribution in [1.29, 1.82) is 0 Å². The van der Waals surface area contributed by atoms with E-state index in [1.54, 1.807) is 24.3 Å². The molecule has 0 saturated heterocycles. The van der Waals surface area contributed by atoms with Crippen molar-refractivity contribution in [2.45, 2.75) is 50.6 Å². The summed E-state index contributed by atoms with van der Waals surface area (Å²) in [7, 11) is -8.54. The first kappa shape index (κ1) is 30.8. The maximum Gasteiger partial charge on any atom is 0.206 e. The lowest BCUT2D eigenvalue weighted by Gasteiger charge is -2.05. The van der Waals surface area contributed by atoms with Crippen LogP contribution >= 0.6 is 0 Å². The molecule has 0 aliphatic heterocycles. The highest BCUT2D eigenvalue weighted by atomic mass is 32.2. The summed E-state index contributed by atoms with van der Waals surface area (Å²) >= 11 is 0. The van der Waals surface area contributed by atoms with Crippen molar-refractivity contribution in [3.8, 4) is 0 Å². The Hall–Kier alpha value is -3.44. The van der Waals surface area contributed by atoms with Crippen molar-refractivity contribution in [3.05, 3.63) is 120 Å². The van der Waals surface area contributed by atoms with E-state index in [0.717, 1.165) is 24.2 Å². The summed E-state index contributed by atoms with van der Waals surface area (Å²) in [4.78, 5) is -0.355. The zero-order valence-electron chi connectivity index (χ0n) is 21.8. The van der Waals surface area contributed by atoms with Gasteiger partial charge in [-0.25, -0.2) is 16.8 Å². The monoisotopic (exact) mass is 556 g/mol. The molecule has 10 heteroatoms. The average molecular weight is 557 g/mol. The standard InChI is InChI=1S/C14H18N2.2C7H8O3S/c1-13-7-3-5-9-15(13)11-12-16-10-6-4-8-14(16)2;2*1-6-2-4-7(5-3-6)11(8,9)10/h3-10H,11-12H2,1-2H3;2*2-5H,1H3,(H,8,9,10)/q+2;;/p-2. The van der Waals surface area contributed by atoms with Gasteiger partial charge in [0, 0.05) is 38.1 Å². The molecule has 2 aromatic heterocycles. The second-order valence-corrected chi connectivity index (χ2v) is 11.4. The molecule has 2 heterocycles. The minimum absolute atomic E-state index is 0.178. The lowest BCUT2D eigenvalue weighted by Crippen LogP contribution is -2.47. The molecule has 8 nitrogen and oxygen atoms in total. The zero-order chi connectivity index (χ0) is 28.3. The van der Waals surface area contributed by atoms with Crippen LogP contribution in [0.3, 0.4) is 0 Å². The molecule has 2 aromatic carbocycles. The number of hydrogen-bond acceptors (Lipinski definition) is 6. The quantitative estimate of drug-likeness (QED) is 0.274. The van der Waals surface area contributed by atoms with E-state index >= 15 is 0 Å². The fourth-order valence-electron chi connectivity index (χ4n) is 3.25. The number of hydrogen-bond donors (Lipinski definition) is 0. The molecule has 0 radical (unpaired) electrons. The normalized spacial score (nSPS) is 11.0. The molecule has 38 heavy (non-hydrogen) atoms. The Bertz CT molecular complexity index is 1420. The van der Waals surface area contributed by atoms with E-state index in [1.807, 2.05) is 13.8 Å². The van der Waals surface area contributed by atoms with Crippen LogP contribution < -0.4 is 9.13 Å². The van der Waals surface area contributed by atoms with Crippen molar-refractivity contribution in [3.63, 3.8) is 0 Å². The van der Waals surface area contributed by atoms with E-state index in [4.69, 9.17) is 0 Å². The van der Waals surface area contributed by atoms with E-state index in [0.29, 0.717) is 0 Å². The molecule has 0 N–H and O–H groups in total. The third kappa shape index (κ3) is 10.5. The highest BCUT2D eigenvalue weighted by molar-refractivity contribution is 7.86. The number of rotatable bonds is 5. The smallest absolute Gasteiger partial charge is 0.206 e. The molecule has 0 unspecified atom stereocenters. The van der Waals surface area contributed by atoms with Crippen LogP contribution in [0.15, 0.2) is 107 Å². The Kier molecular flexibility index (Phi) is 11.3. The van der Waals surface area contributed by atoms with Crippen LogP contribution in [0.5, 0.6) is 0 Å². The Morgan fingerprint density at radius 2 is 0.842 bits per heavy atom. The summed E-state index contributed by atoms with van der Waals surface area (Å²) in [5.74, 6) is 0. The number of aryl methyl sites for hydroxylation is 6. The second-order valence-electron chi connectivity index (χ2n) is 8.61. The maximum atomic E-state index is 10.4. The van der Waals surface area contributed by atoms with Crippen molar-refractivity contribution in [2.24, 2.45) is 0 Å². The first-order valence-electron chi connectivity index (χ1n) is 11.7. The minimum atomic E-state index is -4.27. The predicted molar refractivity (Wildman–Crippen MR) is 141 cm³/mol. The van der Waals surface area contributed by atoms with Crippen LogP contribution in [0.25, 0.3) is 0 Å². The third-order valence-electron chi connectivity index (χ3n) is 5.54. The molecular weight excluding hydrogens is 524 g/mol. The lowest BCUT2D eigenvalue weighted by atomic mass is 10.2. The van der Waals surface area contributed by atoms with E-state index in [2.05, 4.69) is 71.8 Å². The van der Waals surface area contributed by atoms with Crippen LogP contribution in [0, 0.1) is 27.7 Å². The third-order valence-corrected chi connectivity index (χ3v) is 7.24. The first-order valence-corrected chi connectivity index (χ1v) is 14.5. The van der Waals surface area contributed by atoms with Gasteiger partial charge in [0.05, 0.1) is 9.79 Å². The SMILES string of the molecule is Cc1ccc(S(=O)(=O)[O-])cc1.Cc1ccc(S(=O)(=O)[O-])cc1.Cc1cccc[n+]1CC[n+]1ccccc1C. The molecule has 0 saturated carbocycles. The second kappa shape index (κ2) is 13.9. The molecule has 0 fully saturated rings. The van der Waals surface area contributed by atoms with Crippen LogP contribution in [0.1, 0.15) is 22.5 Å². The minimum Gasteiger partial charge on any atom is -0.744 e. The van der Waals surface area contributed by atoms with Gasteiger partial charge in [-0.15, -0.1) is 0 Å². The number of benzene rings is 2. The molecule has 0 bridgehead atoms. The van der Waals surface area contributed by atoms with Crippen LogP contribution in [-0.4, -0.2) is 25.9 Å². The largest absolute Gasteiger partial charge is 0.744 e. The van der Waals surface area contributed by atoms with Gasteiger partial charge in [-0.2, -0.15) is 9.13 Å². The van der Waals surface area contributed by atoms with Gasteiger partial charge in [-0.1, -0.05) is 47.5 Å². The average Bonchev–Trinajstić information content (AvgIpc) is 2.85. The first-order chi connectivity index (χ1) is 17.8. The summed E-state index contributed by atoms with van der Waals surface area (Å²) in [6, 6.07) is 24.2. The van der Waals surface area contributed by atoms with Gasteiger partial charge < -0.3 is 9.11 Å².